The zero-order valence-corrected chi connectivity index (χ0v) is 21.1. The number of ether oxygens (including phenoxy) is 2. The van der Waals surface area contributed by atoms with Gasteiger partial charge in [0, 0.05) is 17.3 Å². The van der Waals surface area contributed by atoms with Crippen LogP contribution in [0.25, 0.3) is 11.1 Å². The van der Waals surface area contributed by atoms with E-state index in [1.807, 2.05) is 36.6 Å². The molecule has 0 aliphatic rings. The topological polar surface area (TPSA) is 114 Å². The van der Waals surface area contributed by atoms with Crippen molar-refractivity contribution in [2.24, 2.45) is 0 Å². The van der Waals surface area contributed by atoms with Gasteiger partial charge in [-0.05, 0) is 59.9 Å². The maximum Gasteiger partial charge on any atom is 0.328 e. The standard InChI is InChI=1S/C27H28N2O6S/c1-34-19-10-12-21(24(30)16-19)26(32)28-18-9-11-20(22(15-18)17-7-5-4-6-8-17)25(31)29-23(13-14-36-3)27(33)35-2/h4-12,15-16,23,30H,13-14H2,1-3H3,(H,28,32)(H,29,31)/t23-/m0/s1. The second kappa shape index (κ2) is 12.6. The summed E-state index contributed by atoms with van der Waals surface area (Å²) in [5.74, 6) is -0.583. The monoisotopic (exact) mass is 508 g/mol. The second-order valence-electron chi connectivity index (χ2n) is 7.79. The zero-order valence-electron chi connectivity index (χ0n) is 20.2. The first kappa shape index (κ1) is 26.6. The van der Waals surface area contributed by atoms with Crippen molar-refractivity contribution in [3.63, 3.8) is 0 Å². The minimum Gasteiger partial charge on any atom is -0.507 e. The molecule has 0 fully saturated rings. The van der Waals surface area contributed by atoms with Crippen LogP contribution in [0.1, 0.15) is 27.1 Å². The third-order valence-electron chi connectivity index (χ3n) is 5.46. The van der Waals surface area contributed by atoms with Crippen molar-refractivity contribution in [3.8, 4) is 22.6 Å². The van der Waals surface area contributed by atoms with E-state index < -0.39 is 23.8 Å². The Morgan fingerprint density at radius 1 is 0.944 bits per heavy atom. The van der Waals surface area contributed by atoms with Crippen molar-refractivity contribution in [2.45, 2.75) is 12.5 Å². The Labute approximate surface area is 214 Å². The van der Waals surface area contributed by atoms with Crippen LogP contribution in [0.2, 0.25) is 0 Å². The van der Waals surface area contributed by atoms with E-state index in [2.05, 4.69) is 10.6 Å². The molecule has 1 atom stereocenters. The fourth-order valence-electron chi connectivity index (χ4n) is 3.57. The number of phenolic OH excluding ortho intramolecular Hbond substituents is 1. The van der Waals surface area contributed by atoms with E-state index in [0.717, 1.165) is 5.56 Å². The molecular formula is C27H28N2O6S. The lowest BCUT2D eigenvalue weighted by Gasteiger charge is -2.18. The molecule has 36 heavy (non-hydrogen) atoms. The molecule has 3 rings (SSSR count). The highest BCUT2D eigenvalue weighted by molar-refractivity contribution is 7.98. The average Bonchev–Trinajstić information content (AvgIpc) is 2.90. The highest BCUT2D eigenvalue weighted by Gasteiger charge is 2.24. The van der Waals surface area contributed by atoms with Crippen molar-refractivity contribution in [1.29, 1.82) is 0 Å². The molecule has 0 radical (unpaired) electrons. The molecule has 3 aromatic carbocycles. The van der Waals surface area contributed by atoms with Gasteiger partial charge in [0.05, 0.1) is 19.8 Å². The second-order valence-corrected chi connectivity index (χ2v) is 8.78. The van der Waals surface area contributed by atoms with Gasteiger partial charge in [-0.25, -0.2) is 4.79 Å². The van der Waals surface area contributed by atoms with Gasteiger partial charge in [0.1, 0.15) is 17.5 Å². The molecule has 0 bridgehead atoms. The third-order valence-corrected chi connectivity index (χ3v) is 6.10. The highest BCUT2D eigenvalue weighted by atomic mass is 32.2. The van der Waals surface area contributed by atoms with Crippen LogP contribution >= 0.6 is 11.8 Å². The lowest BCUT2D eigenvalue weighted by molar-refractivity contribution is -0.142. The molecule has 0 aromatic heterocycles. The molecule has 3 N–H and O–H groups in total. The molecule has 9 heteroatoms. The average molecular weight is 509 g/mol. The Morgan fingerprint density at radius 3 is 2.31 bits per heavy atom. The Bertz CT molecular complexity index is 1230. The summed E-state index contributed by atoms with van der Waals surface area (Å²) in [4.78, 5) is 38.2. The van der Waals surface area contributed by atoms with E-state index in [4.69, 9.17) is 9.47 Å². The van der Waals surface area contributed by atoms with Crippen LogP contribution in [0.4, 0.5) is 5.69 Å². The first-order valence-corrected chi connectivity index (χ1v) is 12.5. The van der Waals surface area contributed by atoms with Crippen LogP contribution in [-0.2, 0) is 9.53 Å². The van der Waals surface area contributed by atoms with Gasteiger partial charge in [-0.3, -0.25) is 9.59 Å². The van der Waals surface area contributed by atoms with Crippen molar-refractivity contribution in [1.82, 2.24) is 5.32 Å². The van der Waals surface area contributed by atoms with Gasteiger partial charge in [0.25, 0.3) is 11.8 Å². The molecule has 0 heterocycles. The maximum absolute atomic E-state index is 13.2. The predicted octanol–water partition coefficient (Wildman–Crippen LogP) is 4.34. The minimum atomic E-state index is -0.781. The number of esters is 1. The van der Waals surface area contributed by atoms with Crippen LogP contribution in [0.3, 0.4) is 0 Å². The number of benzene rings is 3. The third kappa shape index (κ3) is 6.57. The molecule has 188 valence electrons. The van der Waals surface area contributed by atoms with E-state index >= 15 is 0 Å². The lowest BCUT2D eigenvalue weighted by atomic mass is 9.98. The molecule has 0 unspecified atom stereocenters. The summed E-state index contributed by atoms with van der Waals surface area (Å²) in [7, 11) is 2.75. The number of hydrogen-bond acceptors (Lipinski definition) is 7. The van der Waals surface area contributed by atoms with Gasteiger partial charge in [0.15, 0.2) is 0 Å². The van der Waals surface area contributed by atoms with E-state index in [0.29, 0.717) is 34.7 Å². The Kier molecular flexibility index (Phi) is 9.35. The first-order chi connectivity index (χ1) is 17.4. The van der Waals surface area contributed by atoms with E-state index in [1.165, 1.54) is 26.4 Å². The molecule has 0 spiro atoms. The summed E-state index contributed by atoms with van der Waals surface area (Å²) >= 11 is 1.57. The molecule has 0 saturated carbocycles. The Hall–Kier alpha value is -3.98. The number of anilines is 1. The number of nitrogens with one attached hydrogen (secondary N) is 2. The van der Waals surface area contributed by atoms with E-state index in [-0.39, 0.29) is 11.3 Å². The van der Waals surface area contributed by atoms with Gasteiger partial charge < -0.3 is 25.2 Å². The van der Waals surface area contributed by atoms with Gasteiger partial charge in [-0.15, -0.1) is 0 Å². The molecule has 3 aromatic rings. The summed E-state index contributed by atoms with van der Waals surface area (Å²) < 4.78 is 9.91. The van der Waals surface area contributed by atoms with Gasteiger partial charge in [-0.2, -0.15) is 11.8 Å². The molecule has 0 saturated heterocycles. The Balaban J connectivity index is 1.92. The summed E-state index contributed by atoms with van der Waals surface area (Å²) in [5, 5.41) is 15.7. The number of thioether (sulfide) groups is 1. The SMILES string of the molecule is COC(=O)[C@H](CCSC)NC(=O)c1ccc(NC(=O)c2ccc(OC)cc2O)cc1-c1ccccc1. The van der Waals surface area contributed by atoms with Crippen LogP contribution < -0.4 is 15.4 Å². The number of aromatic hydroxyl groups is 1. The fraction of sp³-hybridized carbons (Fsp3) is 0.222. The Morgan fingerprint density at radius 2 is 1.67 bits per heavy atom. The van der Waals surface area contributed by atoms with Crippen LogP contribution in [0, 0.1) is 0 Å². The molecular weight excluding hydrogens is 480 g/mol. The molecule has 0 aliphatic heterocycles. The number of carbonyl (C=O) groups excluding carboxylic acids is 3. The number of hydrogen-bond donors (Lipinski definition) is 3. The van der Waals surface area contributed by atoms with Crippen LogP contribution in [-0.4, -0.2) is 55.2 Å². The van der Waals surface area contributed by atoms with Crippen LogP contribution in [0.15, 0.2) is 66.7 Å². The number of rotatable bonds is 10. The van der Waals surface area contributed by atoms with Gasteiger partial charge in [-0.1, -0.05) is 30.3 Å². The lowest BCUT2D eigenvalue weighted by Crippen LogP contribution is -2.42. The van der Waals surface area contributed by atoms with Gasteiger partial charge >= 0.3 is 5.97 Å². The van der Waals surface area contributed by atoms with Crippen molar-refractivity contribution >= 4 is 35.2 Å². The van der Waals surface area contributed by atoms with Gasteiger partial charge in [0.2, 0.25) is 0 Å². The number of amides is 2. The summed E-state index contributed by atoms with van der Waals surface area (Å²) in [6.45, 7) is 0. The predicted molar refractivity (Wildman–Crippen MR) is 141 cm³/mol. The quantitative estimate of drug-likeness (QED) is 0.349. The van der Waals surface area contributed by atoms with Crippen LogP contribution in [0.5, 0.6) is 11.5 Å². The maximum atomic E-state index is 13.2. The summed E-state index contributed by atoms with van der Waals surface area (Å²) in [6, 6.07) is 17.7. The van der Waals surface area contributed by atoms with E-state index in [1.54, 1.807) is 36.0 Å². The van der Waals surface area contributed by atoms with Crippen molar-refractivity contribution in [2.75, 3.05) is 31.5 Å². The zero-order chi connectivity index (χ0) is 26.1. The fourth-order valence-corrected chi connectivity index (χ4v) is 4.04. The largest absolute Gasteiger partial charge is 0.507 e. The number of carbonyl (C=O) groups is 3. The number of methoxy groups -OCH3 is 2. The smallest absolute Gasteiger partial charge is 0.328 e. The molecule has 2 amide bonds. The minimum absolute atomic E-state index is 0.0774. The van der Waals surface area contributed by atoms with Crippen molar-refractivity contribution < 1.29 is 29.0 Å². The normalized spacial score (nSPS) is 11.3. The van der Waals surface area contributed by atoms with E-state index in [9.17, 15) is 19.5 Å². The summed E-state index contributed by atoms with van der Waals surface area (Å²) in [5.41, 5.74) is 2.17. The highest BCUT2D eigenvalue weighted by Crippen LogP contribution is 2.29. The molecule has 0 aliphatic carbocycles. The molecule has 8 nitrogen and oxygen atoms in total. The first-order valence-electron chi connectivity index (χ1n) is 11.1. The number of phenols is 1. The summed E-state index contributed by atoms with van der Waals surface area (Å²) in [6.07, 6.45) is 2.35. The van der Waals surface area contributed by atoms with Crippen molar-refractivity contribution in [3.05, 3.63) is 77.9 Å².